The molecule has 0 saturated carbocycles. The second-order valence-electron chi connectivity index (χ2n) is 6.87. The van der Waals surface area contributed by atoms with Crippen molar-refractivity contribution in [2.45, 2.75) is 6.92 Å². The lowest BCUT2D eigenvalue weighted by Crippen LogP contribution is -2.27. The molecule has 0 aliphatic rings. The maximum atomic E-state index is 14.2. The smallest absolute Gasteiger partial charge is 0.280 e. The predicted octanol–water partition coefficient (Wildman–Crippen LogP) is 4.86. The molecule has 0 spiro atoms. The highest BCUT2D eigenvalue weighted by molar-refractivity contribution is 6.03. The van der Waals surface area contributed by atoms with Gasteiger partial charge >= 0.3 is 0 Å². The first-order valence-electron chi connectivity index (χ1n) is 9.62. The first-order chi connectivity index (χ1) is 15.4. The van der Waals surface area contributed by atoms with Crippen molar-refractivity contribution < 1.29 is 18.3 Å². The van der Waals surface area contributed by atoms with Crippen molar-refractivity contribution in [1.82, 2.24) is 9.78 Å². The molecule has 4 aromatic rings. The molecule has 0 saturated heterocycles. The van der Waals surface area contributed by atoms with E-state index >= 15 is 0 Å². The van der Waals surface area contributed by atoms with E-state index in [0.29, 0.717) is 5.69 Å². The van der Waals surface area contributed by atoms with Gasteiger partial charge in [-0.15, -0.1) is 0 Å². The summed E-state index contributed by atoms with van der Waals surface area (Å²) in [4.78, 5) is 25.3. The van der Waals surface area contributed by atoms with Crippen molar-refractivity contribution in [3.8, 4) is 17.2 Å². The van der Waals surface area contributed by atoms with E-state index in [1.54, 1.807) is 43.3 Å². The van der Waals surface area contributed by atoms with Crippen LogP contribution in [0, 0.1) is 18.6 Å². The molecule has 6 nitrogen and oxygen atoms in total. The molecular weight excluding hydrogens is 416 g/mol. The Kier molecular flexibility index (Phi) is 5.76. The average Bonchev–Trinajstić information content (AvgIpc) is 2.76. The van der Waals surface area contributed by atoms with Crippen LogP contribution in [0.1, 0.15) is 16.2 Å². The predicted molar refractivity (Wildman–Crippen MR) is 115 cm³/mol. The first-order valence-corrected chi connectivity index (χ1v) is 9.62. The number of benzene rings is 3. The van der Waals surface area contributed by atoms with Gasteiger partial charge in [-0.05, 0) is 43.3 Å². The van der Waals surface area contributed by atoms with Crippen LogP contribution in [0.5, 0.6) is 11.5 Å². The van der Waals surface area contributed by atoms with Gasteiger partial charge in [0.05, 0.1) is 5.69 Å². The zero-order valence-electron chi connectivity index (χ0n) is 16.9. The summed E-state index contributed by atoms with van der Waals surface area (Å²) in [5.74, 6) is -1.33. The number of hydrogen-bond donors (Lipinski definition) is 1. The summed E-state index contributed by atoms with van der Waals surface area (Å²) in [5, 5.41) is 6.67. The van der Waals surface area contributed by atoms with E-state index in [1.165, 1.54) is 47.1 Å². The minimum absolute atomic E-state index is 0.105. The number of halogens is 2. The van der Waals surface area contributed by atoms with E-state index in [-0.39, 0.29) is 22.9 Å². The van der Waals surface area contributed by atoms with Gasteiger partial charge in [-0.1, -0.05) is 30.3 Å². The number of anilines is 1. The van der Waals surface area contributed by atoms with Crippen LogP contribution in [0.15, 0.2) is 83.7 Å². The molecule has 1 N–H and O–H groups in total. The fraction of sp³-hybridized carbons (Fsp3) is 0.0417. The molecule has 3 aromatic carbocycles. The maximum absolute atomic E-state index is 14.2. The molecule has 32 heavy (non-hydrogen) atoms. The Bertz CT molecular complexity index is 1370. The van der Waals surface area contributed by atoms with E-state index in [0.717, 1.165) is 0 Å². The van der Waals surface area contributed by atoms with Gasteiger partial charge in [0.25, 0.3) is 5.91 Å². The molecule has 4 rings (SSSR count). The van der Waals surface area contributed by atoms with E-state index in [2.05, 4.69) is 10.4 Å². The molecule has 0 fully saturated rings. The molecule has 8 heteroatoms. The number of nitrogens with one attached hydrogen (secondary N) is 1. The van der Waals surface area contributed by atoms with Crippen LogP contribution in [-0.2, 0) is 0 Å². The van der Waals surface area contributed by atoms with Crippen LogP contribution in [-0.4, -0.2) is 15.7 Å². The largest absolute Gasteiger partial charge is 0.455 e. The molecule has 1 aromatic heterocycles. The third-order valence-corrected chi connectivity index (χ3v) is 4.56. The highest BCUT2D eigenvalue weighted by atomic mass is 19.1. The van der Waals surface area contributed by atoms with Crippen LogP contribution < -0.4 is 15.5 Å². The fourth-order valence-corrected chi connectivity index (χ4v) is 3.07. The van der Waals surface area contributed by atoms with Crippen molar-refractivity contribution in [2.24, 2.45) is 0 Å². The van der Waals surface area contributed by atoms with Crippen molar-refractivity contribution in [2.75, 3.05) is 5.32 Å². The number of rotatable bonds is 5. The molecule has 0 unspecified atom stereocenters. The van der Waals surface area contributed by atoms with Gasteiger partial charge < -0.3 is 10.1 Å². The Morgan fingerprint density at radius 1 is 0.969 bits per heavy atom. The monoisotopic (exact) mass is 433 g/mol. The fourth-order valence-electron chi connectivity index (χ4n) is 3.07. The maximum Gasteiger partial charge on any atom is 0.280 e. The van der Waals surface area contributed by atoms with E-state index < -0.39 is 28.7 Å². The minimum Gasteiger partial charge on any atom is -0.455 e. The number of hydrogen-bond acceptors (Lipinski definition) is 4. The normalized spacial score (nSPS) is 10.6. The standard InChI is InChI=1S/C24H17F2N3O3/c1-15-13-21(30)23(28-29(15)20-11-4-2-9-18(20)26)24(31)27-19-10-3-5-12-22(19)32-17-8-6-7-16(25)14-17/h2-14H,1H3,(H,27,31). The summed E-state index contributed by atoms with van der Waals surface area (Å²) >= 11 is 0. The Balaban J connectivity index is 1.66. The first kappa shape index (κ1) is 20.9. The Morgan fingerprint density at radius 2 is 1.72 bits per heavy atom. The van der Waals surface area contributed by atoms with Crippen LogP contribution in [0.4, 0.5) is 14.5 Å². The third-order valence-electron chi connectivity index (χ3n) is 4.56. The lowest BCUT2D eigenvalue weighted by molar-refractivity contribution is 0.101. The van der Waals surface area contributed by atoms with Gasteiger partial charge in [0, 0.05) is 17.8 Å². The highest BCUT2D eigenvalue weighted by Crippen LogP contribution is 2.29. The van der Waals surface area contributed by atoms with Gasteiger partial charge in [-0.3, -0.25) is 9.59 Å². The number of aromatic nitrogens is 2. The van der Waals surface area contributed by atoms with E-state index in [9.17, 15) is 18.4 Å². The van der Waals surface area contributed by atoms with Crippen LogP contribution in [0.2, 0.25) is 0 Å². The molecule has 160 valence electrons. The molecule has 0 radical (unpaired) electrons. The third kappa shape index (κ3) is 4.39. The Labute approximate surface area is 181 Å². The molecule has 0 atom stereocenters. The van der Waals surface area contributed by atoms with Crippen LogP contribution in [0.25, 0.3) is 5.69 Å². The van der Waals surface area contributed by atoms with Gasteiger partial charge in [-0.25, -0.2) is 13.5 Å². The summed E-state index contributed by atoms with van der Waals surface area (Å²) < 4.78 is 34.6. The van der Waals surface area contributed by atoms with Gasteiger partial charge in [0.15, 0.2) is 11.4 Å². The summed E-state index contributed by atoms with van der Waals surface area (Å²) in [6.45, 7) is 1.59. The van der Waals surface area contributed by atoms with Crippen molar-refractivity contribution in [3.63, 3.8) is 0 Å². The Hall–Kier alpha value is -4.33. The molecular formula is C24H17F2N3O3. The minimum atomic E-state index is -0.796. The quantitative estimate of drug-likeness (QED) is 0.488. The zero-order chi connectivity index (χ0) is 22.7. The van der Waals surface area contributed by atoms with Crippen LogP contribution in [0.3, 0.4) is 0 Å². The number of aryl methyl sites for hydroxylation is 1. The summed E-state index contributed by atoms with van der Waals surface area (Å²) in [6.07, 6.45) is 0. The molecule has 1 amide bonds. The van der Waals surface area contributed by atoms with Gasteiger partial charge in [0.2, 0.25) is 5.43 Å². The lowest BCUT2D eigenvalue weighted by atomic mass is 10.2. The van der Waals surface area contributed by atoms with E-state index in [1.807, 2.05) is 0 Å². The number of para-hydroxylation sites is 3. The topological polar surface area (TPSA) is 73.2 Å². The molecule has 0 aliphatic carbocycles. The van der Waals surface area contributed by atoms with Crippen molar-refractivity contribution in [3.05, 3.63) is 112 Å². The molecule has 0 aliphatic heterocycles. The SMILES string of the molecule is Cc1cc(=O)c(C(=O)Nc2ccccc2Oc2cccc(F)c2)nn1-c1ccccc1F. The second-order valence-corrected chi connectivity index (χ2v) is 6.87. The highest BCUT2D eigenvalue weighted by Gasteiger charge is 2.18. The number of nitrogens with zero attached hydrogens (tertiary/aromatic N) is 2. The second kappa shape index (κ2) is 8.81. The molecule has 1 heterocycles. The summed E-state index contributed by atoms with van der Waals surface area (Å²) in [5.41, 5.74) is -0.308. The zero-order valence-corrected chi connectivity index (χ0v) is 16.9. The molecule has 0 bridgehead atoms. The number of ether oxygens (including phenoxy) is 1. The summed E-state index contributed by atoms with van der Waals surface area (Å²) in [7, 11) is 0. The van der Waals surface area contributed by atoms with Crippen molar-refractivity contribution in [1.29, 1.82) is 0 Å². The van der Waals surface area contributed by atoms with Crippen molar-refractivity contribution >= 4 is 11.6 Å². The lowest BCUT2D eigenvalue weighted by Gasteiger charge is -2.14. The van der Waals surface area contributed by atoms with Gasteiger partial charge in [-0.2, -0.15) is 5.10 Å². The van der Waals surface area contributed by atoms with Crippen LogP contribution >= 0.6 is 0 Å². The van der Waals surface area contributed by atoms with E-state index in [4.69, 9.17) is 4.74 Å². The number of carbonyl (C=O) groups is 1. The average molecular weight is 433 g/mol. The number of carbonyl (C=O) groups excluding carboxylic acids is 1. The summed E-state index contributed by atoms with van der Waals surface area (Å²) in [6, 6.07) is 19.1. The Morgan fingerprint density at radius 3 is 2.50 bits per heavy atom. The number of amides is 1. The van der Waals surface area contributed by atoms with Gasteiger partial charge in [0.1, 0.15) is 23.1 Å².